The van der Waals surface area contributed by atoms with Crippen LogP contribution >= 0.6 is 0 Å². The van der Waals surface area contributed by atoms with Crippen LogP contribution in [0.4, 0.5) is 14.5 Å². The Morgan fingerprint density at radius 3 is 2.67 bits per heavy atom. The largest absolute Gasteiger partial charge is 0.478 e. The van der Waals surface area contributed by atoms with Gasteiger partial charge in [0, 0.05) is 12.7 Å². The number of ether oxygens (including phenoxy) is 1. The van der Waals surface area contributed by atoms with Crippen molar-refractivity contribution in [3.8, 4) is 0 Å². The molecule has 1 saturated heterocycles. The van der Waals surface area contributed by atoms with Crippen molar-refractivity contribution in [3.63, 3.8) is 0 Å². The van der Waals surface area contributed by atoms with Crippen molar-refractivity contribution >= 4 is 11.7 Å². The number of nitrogens with one attached hydrogen (secondary N) is 1. The Hall–Kier alpha value is -1.69. The van der Waals surface area contributed by atoms with Crippen molar-refractivity contribution in [1.82, 2.24) is 0 Å². The average molecular weight is 257 g/mol. The van der Waals surface area contributed by atoms with Gasteiger partial charge in [0.1, 0.15) is 6.23 Å². The third-order valence-electron chi connectivity index (χ3n) is 2.79. The van der Waals surface area contributed by atoms with Gasteiger partial charge in [-0.05, 0) is 25.3 Å². The lowest BCUT2D eigenvalue weighted by molar-refractivity contribution is 0.0342. The molecule has 18 heavy (non-hydrogen) atoms. The van der Waals surface area contributed by atoms with Gasteiger partial charge in [0.2, 0.25) is 0 Å². The summed E-state index contributed by atoms with van der Waals surface area (Å²) in [5.41, 5.74) is -0.267. The molecule has 0 saturated carbocycles. The molecule has 1 aromatic rings. The van der Waals surface area contributed by atoms with Gasteiger partial charge < -0.3 is 15.2 Å². The van der Waals surface area contributed by atoms with Crippen molar-refractivity contribution < 1.29 is 23.4 Å². The lowest BCUT2D eigenvalue weighted by atomic mass is 10.1. The predicted molar refractivity (Wildman–Crippen MR) is 60.5 cm³/mol. The third kappa shape index (κ3) is 2.76. The number of carbonyl (C=O) groups is 1. The summed E-state index contributed by atoms with van der Waals surface area (Å²) in [4.78, 5) is 11.0. The zero-order chi connectivity index (χ0) is 13.1. The summed E-state index contributed by atoms with van der Waals surface area (Å²) in [5, 5.41) is 11.7. The van der Waals surface area contributed by atoms with Crippen molar-refractivity contribution in [3.05, 3.63) is 29.3 Å². The first kappa shape index (κ1) is 12.8. The first-order chi connectivity index (χ1) is 8.58. The Labute approximate surface area is 103 Å². The Morgan fingerprint density at radius 2 is 2.06 bits per heavy atom. The van der Waals surface area contributed by atoms with Crippen LogP contribution < -0.4 is 5.32 Å². The molecule has 1 atom stereocenters. The fourth-order valence-electron chi connectivity index (χ4n) is 1.87. The minimum absolute atomic E-state index is 0.0355. The van der Waals surface area contributed by atoms with Crippen molar-refractivity contribution in [1.29, 1.82) is 0 Å². The Bertz CT molecular complexity index is 459. The summed E-state index contributed by atoms with van der Waals surface area (Å²) in [6, 6.07) is 1.51. The van der Waals surface area contributed by atoms with Gasteiger partial charge >= 0.3 is 5.97 Å². The summed E-state index contributed by atoms with van der Waals surface area (Å²) < 4.78 is 31.5. The fraction of sp³-hybridized carbons (Fsp3) is 0.417. The second-order valence-corrected chi connectivity index (χ2v) is 4.12. The van der Waals surface area contributed by atoms with Gasteiger partial charge in [-0.1, -0.05) is 0 Å². The summed E-state index contributed by atoms with van der Waals surface area (Å²) in [6.07, 6.45) is 2.24. The highest BCUT2D eigenvalue weighted by atomic mass is 19.2. The second kappa shape index (κ2) is 5.30. The highest BCUT2D eigenvalue weighted by molar-refractivity contribution is 5.94. The minimum Gasteiger partial charge on any atom is -0.478 e. The normalized spacial score (nSPS) is 19.6. The monoisotopic (exact) mass is 257 g/mol. The maximum Gasteiger partial charge on any atom is 0.337 e. The molecule has 0 aromatic heterocycles. The van der Waals surface area contributed by atoms with E-state index in [2.05, 4.69) is 5.32 Å². The van der Waals surface area contributed by atoms with E-state index in [1.807, 2.05) is 0 Å². The SMILES string of the molecule is O=C(O)c1cc(F)c(F)cc1NC1CCCCO1. The number of hydrogen-bond donors (Lipinski definition) is 2. The maximum absolute atomic E-state index is 13.1. The highest BCUT2D eigenvalue weighted by Crippen LogP contribution is 2.23. The van der Waals surface area contributed by atoms with E-state index >= 15 is 0 Å². The smallest absolute Gasteiger partial charge is 0.337 e. The van der Waals surface area contributed by atoms with Gasteiger partial charge in [-0.2, -0.15) is 0 Å². The number of benzene rings is 1. The average Bonchev–Trinajstić information content (AvgIpc) is 2.34. The molecule has 0 amide bonds. The highest BCUT2D eigenvalue weighted by Gasteiger charge is 2.19. The van der Waals surface area contributed by atoms with E-state index in [0.29, 0.717) is 19.1 Å². The molecule has 1 aromatic carbocycles. The van der Waals surface area contributed by atoms with Gasteiger partial charge in [-0.3, -0.25) is 0 Å². The van der Waals surface area contributed by atoms with E-state index in [4.69, 9.17) is 9.84 Å². The van der Waals surface area contributed by atoms with Gasteiger partial charge in [0.15, 0.2) is 11.6 Å². The fourth-order valence-corrected chi connectivity index (χ4v) is 1.87. The standard InChI is InChI=1S/C12H13F2NO3/c13-8-5-7(12(16)17)10(6-9(8)14)15-11-3-1-2-4-18-11/h5-6,11,15H,1-4H2,(H,16,17). The van der Waals surface area contributed by atoms with Crippen LogP contribution in [0.25, 0.3) is 0 Å². The van der Waals surface area contributed by atoms with Crippen LogP contribution in [0.5, 0.6) is 0 Å². The van der Waals surface area contributed by atoms with E-state index in [-0.39, 0.29) is 17.5 Å². The van der Waals surface area contributed by atoms with Crippen LogP contribution in [0.2, 0.25) is 0 Å². The molecule has 98 valence electrons. The van der Waals surface area contributed by atoms with Gasteiger partial charge in [0.25, 0.3) is 0 Å². The molecule has 2 rings (SSSR count). The Morgan fingerprint density at radius 1 is 1.33 bits per heavy atom. The minimum atomic E-state index is -1.31. The zero-order valence-electron chi connectivity index (χ0n) is 9.58. The topological polar surface area (TPSA) is 58.6 Å². The summed E-state index contributed by atoms with van der Waals surface area (Å²) in [5.74, 6) is -3.58. The Balaban J connectivity index is 2.24. The lowest BCUT2D eigenvalue weighted by Gasteiger charge is -2.25. The van der Waals surface area contributed by atoms with E-state index in [1.165, 1.54) is 0 Å². The molecule has 1 unspecified atom stereocenters. The Kier molecular flexibility index (Phi) is 3.76. The first-order valence-electron chi connectivity index (χ1n) is 5.68. The quantitative estimate of drug-likeness (QED) is 0.873. The summed E-state index contributed by atoms with van der Waals surface area (Å²) >= 11 is 0. The molecule has 0 aliphatic carbocycles. The summed E-state index contributed by atoms with van der Waals surface area (Å²) in [6.45, 7) is 0.573. The number of hydrogen-bond acceptors (Lipinski definition) is 3. The molecule has 1 fully saturated rings. The van der Waals surface area contributed by atoms with Crippen LogP contribution in [-0.2, 0) is 4.74 Å². The molecule has 4 nitrogen and oxygen atoms in total. The van der Waals surface area contributed by atoms with E-state index in [1.54, 1.807) is 0 Å². The number of anilines is 1. The number of carboxylic acids is 1. The van der Waals surface area contributed by atoms with E-state index in [9.17, 15) is 13.6 Å². The number of halogens is 2. The third-order valence-corrected chi connectivity index (χ3v) is 2.79. The van der Waals surface area contributed by atoms with E-state index < -0.39 is 17.6 Å². The lowest BCUT2D eigenvalue weighted by Crippen LogP contribution is -2.28. The molecule has 2 N–H and O–H groups in total. The summed E-state index contributed by atoms with van der Waals surface area (Å²) in [7, 11) is 0. The molecule has 0 radical (unpaired) electrons. The van der Waals surface area contributed by atoms with Gasteiger partial charge in [0.05, 0.1) is 11.3 Å². The molecule has 0 bridgehead atoms. The van der Waals surface area contributed by atoms with E-state index in [0.717, 1.165) is 18.9 Å². The zero-order valence-corrected chi connectivity index (χ0v) is 9.58. The van der Waals surface area contributed by atoms with Gasteiger partial charge in [-0.25, -0.2) is 13.6 Å². The number of carboxylic acid groups (broad SMARTS) is 1. The van der Waals surface area contributed by atoms with Crippen LogP contribution in [0.1, 0.15) is 29.6 Å². The van der Waals surface area contributed by atoms with Crippen LogP contribution in [0, 0.1) is 11.6 Å². The maximum atomic E-state index is 13.1. The van der Waals surface area contributed by atoms with Crippen molar-refractivity contribution in [2.75, 3.05) is 11.9 Å². The van der Waals surface area contributed by atoms with Crippen LogP contribution in [-0.4, -0.2) is 23.9 Å². The van der Waals surface area contributed by atoms with Crippen LogP contribution in [0.3, 0.4) is 0 Å². The predicted octanol–water partition coefficient (Wildman–Crippen LogP) is 2.60. The van der Waals surface area contributed by atoms with Crippen molar-refractivity contribution in [2.24, 2.45) is 0 Å². The first-order valence-corrected chi connectivity index (χ1v) is 5.68. The molecule has 1 aliphatic rings. The molecular weight excluding hydrogens is 244 g/mol. The van der Waals surface area contributed by atoms with Gasteiger partial charge in [-0.15, -0.1) is 0 Å². The molecule has 1 heterocycles. The molecular formula is C12H13F2NO3. The van der Waals surface area contributed by atoms with Crippen LogP contribution in [0.15, 0.2) is 12.1 Å². The number of rotatable bonds is 3. The number of aromatic carboxylic acids is 1. The second-order valence-electron chi connectivity index (χ2n) is 4.12. The molecule has 0 spiro atoms. The van der Waals surface area contributed by atoms with Crippen molar-refractivity contribution in [2.45, 2.75) is 25.5 Å². The molecule has 6 heteroatoms. The molecule has 1 aliphatic heterocycles.